The number of aliphatic hydroxyl groups excluding tert-OH is 1. The van der Waals surface area contributed by atoms with Crippen LogP contribution in [-0.2, 0) is 0 Å². The van der Waals surface area contributed by atoms with E-state index < -0.39 is 0 Å². The van der Waals surface area contributed by atoms with Crippen molar-refractivity contribution in [1.29, 1.82) is 0 Å². The summed E-state index contributed by atoms with van der Waals surface area (Å²) in [5.74, 6) is 0.703. The van der Waals surface area contributed by atoms with Gasteiger partial charge < -0.3 is 15.7 Å². The summed E-state index contributed by atoms with van der Waals surface area (Å²) < 4.78 is 0. The second kappa shape index (κ2) is 6.98. The van der Waals surface area contributed by atoms with Gasteiger partial charge in [-0.05, 0) is 37.0 Å². The molecule has 1 aliphatic rings. The molecule has 1 fully saturated rings. The lowest BCUT2D eigenvalue weighted by atomic mass is 9.89. The van der Waals surface area contributed by atoms with Crippen molar-refractivity contribution in [2.45, 2.75) is 58.9 Å². The van der Waals surface area contributed by atoms with Crippen LogP contribution in [0.2, 0.25) is 0 Å². The van der Waals surface area contributed by atoms with Gasteiger partial charge in [-0.1, -0.05) is 27.2 Å². The van der Waals surface area contributed by atoms with E-state index in [0.717, 1.165) is 19.3 Å². The Bertz CT molecular complexity index is 267. The van der Waals surface area contributed by atoms with Crippen LogP contribution in [0.1, 0.15) is 52.9 Å². The van der Waals surface area contributed by atoms with Gasteiger partial charge in [-0.2, -0.15) is 0 Å². The molecule has 0 aromatic heterocycles. The van der Waals surface area contributed by atoms with E-state index in [1.165, 1.54) is 12.8 Å². The van der Waals surface area contributed by atoms with Crippen molar-refractivity contribution in [2.24, 2.45) is 11.3 Å². The third-order valence-corrected chi connectivity index (χ3v) is 3.64. The zero-order valence-electron chi connectivity index (χ0n) is 12.0. The summed E-state index contributed by atoms with van der Waals surface area (Å²) in [6.45, 7) is 7.12. The van der Waals surface area contributed by atoms with Gasteiger partial charge in [-0.3, -0.25) is 0 Å². The highest BCUT2D eigenvalue weighted by molar-refractivity contribution is 5.74. The van der Waals surface area contributed by atoms with Crippen molar-refractivity contribution in [3.8, 4) is 0 Å². The summed E-state index contributed by atoms with van der Waals surface area (Å²) in [7, 11) is 0. The lowest BCUT2D eigenvalue weighted by Crippen LogP contribution is -2.38. The van der Waals surface area contributed by atoms with Gasteiger partial charge in [0.25, 0.3) is 0 Å². The van der Waals surface area contributed by atoms with Gasteiger partial charge in [0.05, 0.1) is 0 Å². The second-order valence-corrected chi connectivity index (χ2v) is 6.22. The highest BCUT2D eigenvalue weighted by Crippen LogP contribution is 2.34. The van der Waals surface area contributed by atoms with Crippen LogP contribution >= 0.6 is 0 Å². The molecule has 2 amide bonds. The third kappa shape index (κ3) is 5.71. The maximum atomic E-state index is 11.6. The van der Waals surface area contributed by atoms with Gasteiger partial charge in [-0.25, -0.2) is 4.79 Å². The fourth-order valence-electron chi connectivity index (χ4n) is 2.18. The molecule has 2 unspecified atom stereocenters. The van der Waals surface area contributed by atoms with E-state index >= 15 is 0 Å². The maximum absolute atomic E-state index is 11.6. The molecule has 3 N–H and O–H groups in total. The quantitative estimate of drug-likeness (QED) is 0.583. The molecule has 0 radical (unpaired) electrons. The Hall–Kier alpha value is -0.770. The summed E-state index contributed by atoms with van der Waals surface area (Å²) in [5.41, 5.74) is -0.0408. The lowest BCUT2D eigenvalue weighted by molar-refractivity contribution is 0.148. The van der Waals surface area contributed by atoms with E-state index in [4.69, 9.17) is 5.11 Å². The standard InChI is InChI=1S/C14H28N2O2/c1-4-6-11-9-12(11)16-13(18)15-8-5-7-14(2,3)10-17/h11-12,17H,4-10H2,1-3H3,(H2,15,16,18). The van der Waals surface area contributed by atoms with Gasteiger partial charge >= 0.3 is 6.03 Å². The highest BCUT2D eigenvalue weighted by Gasteiger charge is 2.36. The number of carbonyl (C=O) groups excluding carboxylic acids is 1. The number of amides is 2. The smallest absolute Gasteiger partial charge is 0.315 e. The number of nitrogens with one attached hydrogen (secondary N) is 2. The number of hydrogen-bond donors (Lipinski definition) is 3. The zero-order valence-corrected chi connectivity index (χ0v) is 12.0. The summed E-state index contributed by atoms with van der Waals surface area (Å²) in [6.07, 6.45) is 5.38. The SMILES string of the molecule is CCCC1CC1NC(=O)NCCCC(C)(C)CO. The van der Waals surface area contributed by atoms with Crippen LogP contribution in [-0.4, -0.2) is 30.3 Å². The first-order valence-corrected chi connectivity index (χ1v) is 7.13. The molecule has 18 heavy (non-hydrogen) atoms. The van der Waals surface area contributed by atoms with Gasteiger partial charge in [0.2, 0.25) is 0 Å². The van der Waals surface area contributed by atoms with Gasteiger partial charge in [-0.15, -0.1) is 0 Å². The van der Waals surface area contributed by atoms with Crippen molar-refractivity contribution in [3.63, 3.8) is 0 Å². The summed E-state index contributed by atoms with van der Waals surface area (Å²) in [6, 6.07) is 0.360. The molecule has 2 atom stereocenters. The molecule has 1 rings (SSSR count). The number of hydrogen-bond acceptors (Lipinski definition) is 2. The largest absolute Gasteiger partial charge is 0.396 e. The predicted molar refractivity (Wildman–Crippen MR) is 73.4 cm³/mol. The van der Waals surface area contributed by atoms with Crippen molar-refractivity contribution in [2.75, 3.05) is 13.2 Å². The number of carbonyl (C=O) groups is 1. The number of rotatable bonds is 8. The molecular formula is C14H28N2O2. The minimum absolute atomic E-state index is 0.0408. The average Bonchev–Trinajstić information content (AvgIpc) is 3.03. The van der Waals surface area contributed by atoms with Gasteiger partial charge in [0, 0.05) is 19.2 Å². The first kappa shape index (κ1) is 15.3. The van der Waals surface area contributed by atoms with Gasteiger partial charge in [0.1, 0.15) is 0 Å². The van der Waals surface area contributed by atoms with Crippen LogP contribution in [0.4, 0.5) is 4.79 Å². The predicted octanol–water partition coefficient (Wildman–Crippen LogP) is 2.27. The second-order valence-electron chi connectivity index (χ2n) is 6.22. The molecule has 0 aromatic rings. The molecule has 4 nitrogen and oxygen atoms in total. The maximum Gasteiger partial charge on any atom is 0.315 e. The monoisotopic (exact) mass is 256 g/mol. The van der Waals surface area contributed by atoms with Crippen LogP contribution in [0.25, 0.3) is 0 Å². The first-order chi connectivity index (χ1) is 8.48. The van der Waals surface area contributed by atoms with E-state index in [1.54, 1.807) is 0 Å². The molecule has 0 aromatic carbocycles. The fraction of sp³-hybridized carbons (Fsp3) is 0.929. The average molecular weight is 256 g/mol. The van der Waals surface area contributed by atoms with E-state index in [-0.39, 0.29) is 18.1 Å². The van der Waals surface area contributed by atoms with Gasteiger partial charge in [0.15, 0.2) is 0 Å². The molecule has 0 heterocycles. The van der Waals surface area contributed by atoms with Crippen molar-refractivity contribution in [3.05, 3.63) is 0 Å². The highest BCUT2D eigenvalue weighted by atomic mass is 16.3. The van der Waals surface area contributed by atoms with Crippen LogP contribution in [0.5, 0.6) is 0 Å². The van der Waals surface area contributed by atoms with Crippen LogP contribution in [0.3, 0.4) is 0 Å². The molecular weight excluding hydrogens is 228 g/mol. The molecule has 0 spiro atoms. The molecule has 4 heteroatoms. The Morgan fingerprint density at radius 2 is 2.17 bits per heavy atom. The zero-order chi connectivity index (χ0) is 13.6. The van der Waals surface area contributed by atoms with Crippen LogP contribution in [0, 0.1) is 11.3 Å². The van der Waals surface area contributed by atoms with E-state index in [0.29, 0.717) is 18.5 Å². The Labute approximate surface area is 111 Å². The summed E-state index contributed by atoms with van der Waals surface area (Å²) >= 11 is 0. The lowest BCUT2D eigenvalue weighted by Gasteiger charge is -2.21. The van der Waals surface area contributed by atoms with Crippen molar-refractivity contribution < 1.29 is 9.90 Å². The third-order valence-electron chi connectivity index (χ3n) is 3.64. The van der Waals surface area contributed by atoms with Crippen LogP contribution in [0.15, 0.2) is 0 Å². The molecule has 0 aliphatic heterocycles. The molecule has 1 aliphatic carbocycles. The van der Waals surface area contributed by atoms with Crippen molar-refractivity contribution >= 4 is 6.03 Å². The Morgan fingerprint density at radius 3 is 2.78 bits per heavy atom. The number of aliphatic hydroxyl groups is 1. The Kier molecular flexibility index (Phi) is 5.93. The summed E-state index contributed by atoms with van der Waals surface area (Å²) in [5, 5.41) is 15.0. The minimum atomic E-state index is -0.0413. The minimum Gasteiger partial charge on any atom is -0.396 e. The van der Waals surface area contributed by atoms with E-state index in [2.05, 4.69) is 17.6 Å². The van der Waals surface area contributed by atoms with E-state index in [9.17, 15) is 4.79 Å². The molecule has 0 bridgehead atoms. The summed E-state index contributed by atoms with van der Waals surface area (Å²) in [4.78, 5) is 11.6. The molecule has 106 valence electrons. The topological polar surface area (TPSA) is 61.4 Å². The van der Waals surface area contributed by atoms with Crippen LogP contribution < -0.4 is 10.6 Å². The first-order valence-electron chi connectivity index (χ1n) is 7.13. The number of urea groups is 1. The normalized spacial score (nSPS) is 22.7. The fourth-order valence-corrected chi connectivity index (χ4v) is 2.18. The Morgan fingerprint density at radius 1 is 1.44 bits per heavy atom. The van der Waals surface area contributed by atoms with Crippen molar-refractivity contribution in [1.82, 2.24) is 10.6 Å². The Balaban J connectivity index is 2.01. The van der Waals surface area contributed by atoms with E-state index in [1.807, 2.05) is 13.8 Å². The molecule has 1 saturated carbocycles. The molecule has 0 saturated heterocycles.